The zero-order valence-corrected chi connectivity index (χ0v) is 10.0. The maximum atomic E-state index is 4.57. The molecule has 82 valence electrons. The van der Waals surface area contributed by atoms with E-state index in [2.05, 4.69) is 42.1 Å². The maximum absolute atomic E-state index is 4.57. The molecule has 2 atom stereocenters. The van der Waals surface area contributed by atoms with Crippen molar-refractivity contribution in [2.75, 3.05) is 6.54 Å². The fourth-order valence-electron chi connectivity index (χ4n) is 2.69. The first-order chi connectivity index (χ1) is 7.27. The van der Waals surface area contributed by atoms with E-state index in [1.807, 2.05) is 0 Å². The van der Waals surface area contributed by atoms with Gasteiger partial charge in [-0.2, -0.15) is 0 Å². The lowest BCUT2D eigenvalue weighted by molar-refractivity contribution is 0.189. The third-order valence-electron chi connectivity index (χ3n) is 3.64. The van der Waals surface area contributed by atoms with Crippen molar-refractivity contribution in [3.05, 3.63) is 22.6 Å². The highest BCUT2D eigenvalue weighted by Crippen LogP contribution is 2.38. The van der Waals surface area contributed by atoms with E-state index < -0.39 is 0 Å². The Bertz CT molecular complexity index is 331. The Morgan fingerprint density at radius 3 is 2.80 bits per heavy atom. The summed E-state index contributed by atoms with van der Waals surface area (Å²) in [6, 6.07) is 1.34. The van der Waals surface area contributed by atoms with Gasteiger partial charge in [-0.1, -0.05) is 19.1 Å². The molecule has 2 unspecified atom stereocenters. The lowest BCUT2D eigenvalue weighted by Gasteiger charge is -2.27. The minimum absolute atomic E-state index is 0.559. The molecule has 2 fully saturated rings. The van der Waals surface area contributed by atoms with Crippen LogP contribution in [0.2, 0.25) is 0 Å². The van der Waals surface area contributed by atoms with Gasteiger partial charge in [-0.15, -0.1) is 12.6 Å². The largest absolute Gasteiger partial charge is 0.254 e. The van der Waals surface area contributed by atoms with Gasteiger partial charge in [0.1, 0.15) is 0 Å². The summed E-state index contributed by atoms with van der Waals surface area (Å²) in [7, 11) is 0. The Kier molecular flexibility index (Phi) is 2.42. The fraction of sp³-hybridized carbons (Fsp3) is 0.667. The molecular formula is C12H18N2S. The van der Waals surface area contributed by atoms with Crippen LogP contribution in [-0.2, 0) is 0 Å². The van der Waals surface area contributed by atoms with E-state index in [0.29, 0.717) is 12.0 Å². The van der Waals surface area contributed by atoms with Crippen molar-refractivity contribution >= 4 is 12.6 Å². The van der Waals surface area contributed by atoms with Gasteiger partial charge in [-0.25, -0.2) is 5.01 Å². The van der Waals surface area contributed by atoms with Gasteiger partial charge in [0.05, 0.1) is 6.04 Å². The second kappa shape index (κ2) is 3.65. The van der Waals surface area contributed by atoms with Crippen molar-refractivity contribution in [3.8, 4) is 0 Å². The number of nitrogens with one attached hydrogen (secondary N) is 1. The van der Waals surface area contributed by atoms with Crippen molar-refractivity contribution in [2.45, 2.75) is 38.3 Å². The number of thiol groups is 1. The predicted molar refractivity (Wildman–Crippen MR) is 65.6 cm³/mol. The zero-order valence-electron chi connectivity index (χ0n) is 9.11. The number of hydrogen-bond acceptors (Lipinski definition) is 3. The van der Waals surface area contributed by atoms with E-state index in [1.165, 1.54) is 23.3 Å². The molecule has 3 rings (SSSR count). The van der Waals surface area contributed by atoms with E-state index in [-0.39, 0.29) is 0 Å². The summed E-state index contributed by atoms with van der Waals surface area (Å²) in [5.74, 6) is 0.700. The number of rotatable bonds is 2. The van der Waals surface area contributed by atoms with Crippen LogP contribution in [0.1, 0.15) is 26.2 Å². The quantitative estimate of drug-likeness (QED) is 0.696. The fourth-order valence-corrected chi connectivity index (χ4v) is 3.02. The molecular weight excluding hydrogens is 204 g/mol. The molecule has 0 spiro atoms. The van der Waals surface area contributed by atoms with Gasteiger partial charge >= 0.3 is 0 Å². The SMILES string of the molecule is CC1CNN(C2CC2)C1C1=CCC=C1S. The standard InChI is InChI=1S/C12H18N2S/c1-8-7-13-14(9-5-6-9)12(8)10-3-2-4-11(10)15/h3-4,8-9,12-13,15H,2,5-7H2,1H3. The Labute approximate surface area is 96.8 Å². The van der Waals surface area contributed by atoms with E-state index in [0.717, 1.165) is 19.0 Å². The third kappa shape index (κ3) is 1.67. The van der Waals surface area contributed by atoms with Crippen LogP contribution in [0.3, 0.4) is 0 Å². The Morgan fingerprint density at radius 2 is 2.20 bits per heavy atom. The molecule has 1 heterocycles. The monoisotopic (exact) mass is 222 g/mol. The number of allylic oxidation sites excluding steroid dienone is 2. The first kappa shape index (κ1) is 9.94. The molecule has 3 heteroatoms. The van der Waals surface area contributed by atoms with E-state index >= 15 is 0 Å². The minimum atomic E-state index is 0.559. The lowest BCUT2D eigenvalue weighted by atomic mass is 9.96. The average molecular weight is 222 g/mol. The summed E-state index contributed by atoms with van der Waals surface area (Å²) in [5, 5.41) is 2.48. The Morgan fingerprint density at radius 1 is 1.40 bits per heavy atom. The van der Waals surface area contributed by atoms with Crippen LogP contribution >= 0.6 is 12.6 Å². The van der Waals surface area contributed by atoms with Crippen LogP contribution in [0.25, 0.3) is 0 Å². The van der Waals surface area contributed by atoms with Gasteiger partial charge in [0.2, 0.25) is 0 Å². The summed E-state index contributed by atoms with van der Waals surface area (Å²) < 4.78 is 0. The topological polar surface area (TPSA) is 15.3 Å². The molecule has 1 saturated heterocycles. The van der Waals surface area contributed by atoms with Crippen molar-refractivity contribution in [3.63, 3.8) is 0 Å². The molecule has 0 aromatic heterocycles. The number of nitrogens with zero attached hydrogens (tertiary/aromatic N) is 1. The first-order valence-electron chi connectivity index (χ1n) is 5.89. The maximum Gasteiger partial charge on any atom is 0.0541 e. The molecule has 0 aromatic rings. The van der Waals surface area contributed by atoms with Crippen LogP contribution in [0.4, 0.5) is 0 Å². The second-order valence-corrected chi connectivity index (χ2v) is 5.39. The van der Waals surface area contributed by atoms with Gasteiger partial charge in [0.25, 0.3) is 0 Å². The molecule has 1 aliphatic heterocycles. The Balaban J connectivity index is 1.85. The molecule has 15 heavy (non-hydrogen) atoms. The molecule has 0 amide bonds. The van der Waals surface area contributed by atoms with E-state index in [1.54, 1.807) is 0 Å². The minimum Gasteiger partial charge on any atom is -0.254 e. The summed E-state index contributed by atoms with van der Waals surface area (Å²) in [6.07, 6.45) is 8.33. The van der Waals surface area contributed by atoms with Gasteiger partial charge in [0.15, 0.2) is 0 Å². The van der Waals surface area contributed by atoms with Gasteiger partial charge in [-0.3, -0.25) is 5.43 Å². The predicted octanol–water partition coefficient (Wildman–Crippen LogP) is 2.12. The second-order valence-electron chi connectivity index (χ2n) is 4.91. The van der Waals surface area contributed by atoms with Crippen molar-refractivity contribution in [1.82, 2.24) is 10.4 Å². The highest BCUT2D eigenvalue weighted by Gasteiger charge is 2.42. The van der Waals surface area contributed by atoms with Gasteiger partial charge in [0, 0.05) is 17.5 Å². The normalized spacial score (nSPS) is 36.9. The Hall–Kier alpha value is -0.250. The number of hydrogen-bond donors (Lipinski definition) is 2. The van der Waals surface area contributed by atoms with Crippen LogP contribution < -0.4 is 5.43 Å². The zero-order chi connectivity index (χ0) is 10.4. The molecule has 0 bridgehead atoms. The van der Waals surface area contributed by atoms with Crippen LogP contribution in [0.5, 0.6) is 0 Å². The van der Waals surface area contributed by atoms with Gasteiger partial charge in [-0.05, 0) is 30.8 Å². The highest BCUT2D eigenvalue weighted by molar-refractivity contribution is 7.84. The van der Waals surface area contributed by atoms with E-state index in [4.69, 9.17) is 0 Å². The lowest BCUT2D eigenvalue weighted by Crippen LogP contribution is -2.40. The molecule has 2 aliphatic carbocycles. The summed E-state index contributed by atoms with van der Waals surface area (Å²) in [6.45, 7) is 3.44. The third-order valence-corrected chi connectivity index (χ3v) is 4.08. The first-order valence-corrected chi connectivity index (χ1v) is 6.33. The van der Waals surface area contributed by atoms with Gasteiger partial charge < -0.3 is 0 Å². The summed E-state index contributed by atoms with van der Waals surface area (Å²) >= 11 is 4.57. The van der Waals surface area contributed by atoms with Crippen molar-refractivity contribution < 1.29 is 0 Å². The van der Waals surface area contributed by atoms with Crippen LogP contribution in [-0.4, -0.2) is 23.6 Å². The molecule has 0 radical (unpaired) electrons. The smallest absolute Gasteiger partial charge is 0.0541 e. The average Bonchev–Trinajstić information content (AvgIpc) is 2.88. The molecule has 3 aliphatic rings. The molecule has 0 aromatic carbocycles. The van der Waals surface area contributed by atoms with Crippen molar-refractivity contribution in [1.29, 1.82) is 0 Å². The van der Waals surface area contributed by atoms with Crippen LogP contribution in [0.15, 0.2) is 22.6 Å². The van der Waals surface area contributed by atoms with Crippen molar-refractivity contribution in [2.24, 2.45) is 5.92 Å². The summed E-state index contributed by atoms with van der Waals surface area (Å²) in [4.78, 5) is 1.20. The molecule has 1 N–H and O–H groups in total. The number of hydrazine groups is 1. The highest BCUT2D eigenvalue weighted by atomic mass is 32.1. The summed E-state index contributed by atoms with van der Waals surface area (Å²) in [5.41, 5.74) is 4.99. The molecule has 1 saturated carbocycles. The molecule has 2 nitrogen and oxygen atoms in total. The van der Waals surface area contributed by atoms with E-state index in [9.17, 15) is 0 Å². The van der Waals surface area contributed by atoms with Crippen LogP contribution in [0, 0.1) is 5.92 Å².